The largest absolute Gasteiger partial charge is 0.481 e. The van der Waals surface area contributed by atoms with E-state index in [9.17, 15) is 9.59 Å². The first kappa shape index (κ1) is 41.4. The number of carboxylic acids is 1. The summed E-state index contributed by atoms with van der Waals surface area (Å²) in [5.74, 6) is -0.678. The van der Waals surface area contributed by atoms with Crippen LogP contribution in [-0.4, -0.2) is 23.1 Å². The second-order valence-corrected chi connectivity index (χ2v) is 12.8. The van der Waals surface area contributed by atoms with E-state index in [2.05, 4.69) is 38.2 Å². The third-order valence-corrected chi connectivity index (χ3v) is 8.43. The van der Waals surface area contributed by atoms with E-state index in [0.29, 0.717) is 12.8 Å². The zero-order chi connectivity index (χ0) is 31.5. The summed E-state index contributed by atoms with van der Waals surface area (Å²) < 4.78 is 5.95. The quantitative estimate of drug-likeness (QED) is 0.0451. The lowest BCUT2D eigenvalue weighted by molar-refractivity contribution is -0.150. The van der Waals surface area contributed by atoms with Crippen LogP contribution in [0.25, 0.3) is 0 Å². The molecule has 0 aliphatic rings. The molecule has 1 unspecified atom stereocenters. The van der Waals surface area contributed by atoms with Crippen LogP contribution in [0.4, 0.5) is 0 Å². The molecule has 0 rings (SSSR count). The van der Waals surface area contributed by atoms with E-state index in [1.54, 1.807) is 0 Å². The van der Waals surface area contributed by atoms with Crippen LogP contribution in [0.2, 0.25) is 0 Å². The van der Waals surface area contributed by atoms with Gasteiger partial charge in [-0.1, -0.05) is 147 Å². The monoisotopic (exact) mass is 605 g/mol. The number of unbranched alkanes of at least 4 members (excludes halogenated alkanes) is 21. The number of carboxylic acid groups (broad SMARTS) is 1. The number of esters is 1. The molecule has 252 valence electrons. The highest BCUT2D eigenvalue weighted by Gasteiger charge is 2.14. The Morgan fingerprint density at radius 2 is 0.907 bits per heavy atom. The molecule has 0 bridgehead atoms. The van der Waals surface area contributed by atoms with Gasteiger partial charge < -0.3 is 9.84 Å². The van der Waals surface area contributed by atoms with Crippen LogP contribution in [0.3, 0.4) is 0 Å². The minimum atomic E-state index is -0.688. The molecule has 0 aliphatic heterocycles. The van der Waals surface area contributed by atoms with Crippen LogP contribution in [0, 0.1) is 0 Å². The van der Waals surface area contributed by atoms with Crippen LogP contribution in [0.1, 0.15) is 206 Å². The Bertz CT molecular complexity index is 654. The summed E-state index contributed by atoms with van der Waals surface area (Å²) >= 11 is 0. The lowest BCUT2D eigenvalue weighted by atomic mass is 10.0. The summed E-state index contributed by atoms with van der Waals surface area (Å²) in [6.45, 7) is 4.49. The molecule has 1 N–H and O–H groups in total. The highest BCUT2D eigenvalue weighted by molar-refractivity contribution is 5.69. The molecule has 0 radical (unpaired) electrons. The Morgan fingerprint density at radius 3 is 1.42 bits per heavy atom. The van der Waals surface area contributed by atoms with Gasteiger partial charge in [0.2, 0.25) is 0 Å². The lowest BCUT2D eigenvalue weighted by Gasteiger charge is -2.18. The summed E-state index contributed by atoms with van der Waals surface area (Å²) in [4.78, 5) is 23.1. The van der Waals surface area contributed by atoms with Gasteiger partial charge in [-0.25, -0.2) is 0 Å². The fraction of sp³-hybridized carbons (Fsp3) is 0.846. The number of aliphatic carboxylic acids is 1. The molecule has 43 heavy (non-hydrogen) atoms. The van der Waals surface area contributed by atoms with Crippen molar-refractivity contribution in [1.29, 1.82) is 0 Å². The molecule has 0 aliphatic carbocycles. The van der Waals surface area contributed by atoms with Gasteiger partial charge in [0.1, 0.15) is 6.10 Å². The van der Waals surface area contributed by atoms with E-state index >= 15 is 0 Å². The van der Waals surface area contributed by atoms with Crippen LogP contribution < -0.4 is 0 Å². The summed E-state index contributed by atoms with van der Waals surface area (Å²) in [6.07, 6.45) is 43.6. The van der Waals surface area contributed by atoms with Crippen molar-refractivity contribution in [2.24, 2.45) is 0 Å². The Balaban J connectivity index is 3.76. The maximum Gasteiger partial charge on any atom is 0.306 e. The first-order valence-corrected chi connectivity index (χ1v) is 18.8. The number of allylic oxidation sites excluding steroid dienone is 4. The number of hydrogen-bond acceptors (Lipinski definition) is 3. The Labute approximate surface area is 267 Å². The molecule has 4 nitrogen and oxygen atoms in total. The van der Waals surface area contributed by atoms with Crippen LogP contribution in [0.15, 0.2) is 24.3 Å². The van der Waals surface area contributed by atoms with Gasteiger partial charge in [-0.2, -0.15) is 0 Å². The average molecular weight is 605 g/mol. The Hall–Kier alpha value is -1.58. The van der Waals surface area contributed by atoms with Crippen molar-refractivity contribution >= 4 is 11.9 Å². The standard InChI is InChI=1S/C39H72O4/c1-3-5-7-9-10-11-12-13-14-15-16-17-18-19-20-21-25-28-32-36-39(42)43-37(33-29-8-6-4-2)34-30-26-23-22-24-27-31-35-38(40)41/h10-11,13-14,37H,3-9,12,15-36H2,1-2H3,(H,40,41)/b11-10-,14-13-. The van der Waals surface area contributed by atoms with Gasteiger partial charge in [0, 0.05) is 12.8 Å². The first-order chi connectivity index (χ1) is 21.1. The zero-order valence-electron chi connectivity index (χ0n) is 28.8. The van der Waals surface area contributed by atoms with E-state index in [4.69, 9.17) is 9.84 Å². The van der Waals surface area contributed by atoms with Crippen molar-refractivity contribution in [3.63, 3.8) is 0 Å². The van der Waals surface area contributed by atoms with Crippen molar-refractivity contribution in [3.8, 4) is 0 Å². The molecule has 0 aromatic carbocycles. The predicted molar refractivity (Wildman–Crippen MR) is 186 cm³/mol. The van der Waals surface area contributed by atoms with E-state index in [1.165, 1.54) is 116 Å². The third kappa shape index (κ3) is 34.8. The van der Waals surface area contributed by atoms with E-state index in [-0.39, 0.29) is 12.1 Å². The zero-order valence-corrected chi connectivity index (χ0v) is 28.8. The maximum atomic E-state index is 12.5. The molecule has 4 heteroatoms. The SMILES string of the molecule is CCCCC/C=C\C/C=C\CCCCCCCCCCCC(=O)OC(CCCCCC)CCCCCCCCCC(=O)O. The first-order valence-electron chi connectivity index (χ1n) is 18.8. The number of ether oxygens (including phenoxy) is 1. The molecule has 0 amide bonds. The molecule has 0 fully saturated rings. The molecule has 0 heterocycles. The average Bonchev–Trinajstić information content (AvgIpc) is 2.99. The number of rotatable bonds is 34. The van der Waals surface area contributed by atoms with Crippen molar-refractivity contribution in [2.75, 3.05) is 0 Å². The summed E-state index contributed by atoms with van der Waals surface area (Å²) in [5.41, 5.74) is 0. The van der Waals surface area contributed by atoms with Gasteiger partial charge in [0.25, 0.3) is 0 Å². The highest BCUT2D eigenvalue weighted by Crippen LogP contribution is 2.18. The summed E-state index contributed by atoms with van der Waals surface area (Å²) in [7, 11) is 0. The smallest absolute Gasteiger partial charge is 0.306 e. The molecule has 1 atom stereocenters. The van der Waals surface area contributed by atoms with Gasteiger partial charge in [0.15, 0.2) is 0 Å². The Morgan fingerprint density at radius 1 is 0.512 bits per heavy atom. The van der Waals surface area contributed by atoms with Crippen molar-refractivity contribution < 1.29 is 19.4 Å². The van der Waals surface area contributed by atoms with Crippen LogP contribution >= 0.6 is 0 Å². The molecule has 0 saturated carbocycles. The van der Waals surface area contributed by atoms with Gasteiger partial charge in [-0.15, -0.1) is 0 Å². The minimum absolute atomic E-state index is 0.0102. The van der Waals surface area contributed by atoms with Gasteiger partial charge in [-0.3, -0.25) is 9.59 Å². The molecule has 0 aromatic heterocycles. The summed E-state index contributed by atoms with van der Waals surface area (Å²) in [5, 5.41) is 8.72. The third-order valence-electron chi connectivity index (χ3n) is 8.43. The van der Waals surface area contributed by atoms with Crippen molar-refractivity contribution in [3.05, 3.63) is 24.3 Å². The molecular weight excluding hydrogens is 532 g/mol. The second kappa shape index (κ2) is 34.9. The molecule has 0 spiro atoms. The number of carbonyl (C=O) groups is 2. The normalized spacial score (nSPS) is 12.4. The lowest BCUT2D eigenvalue weighted by Crippen LogP contribution is -2.18. The molecule has 0 saturated heterocycles. The fourth-order valence-electron chi connectivity index (χ4n) is 5.63. The highest BCUT2D eigenvalue weighted by atomic mass is 16.5. The van der Waals surface area contributed by atoms with Crippen LogP contribution in [0.5, 0.6) is 0 Å². The fourth-order valence-corrected chi connectivity index (χ4v) is 5.63. The molecule has 0 aromatic rings. The van der Waals surface area contributed by atoms with Gasteiger partial charge in [-0.05, 0) is 70.6 Å². The van der Waals surface area contributed by atoms with E-state index in [1.807, 2.05) is 0 Å². The minimum Gasteiger partial charge on any atom is -0.481 e. The predicted octanol–water partition coefficient (Wildman–Crippen LogP) is 12.8. The summed E-state index contributed by atoms with van der Waals surface area (Å²) in [6, 6.07) is 0. The van der Waals surface area contributed by atoms with Crippen molar-refractivity contribution in [2.45, 2.75) is 213 Å². The number of hydrogen-bond donors (Lipinski definition) is 1. The van der Waals surface area contributed by atoms with E-state index in [0.717, 1.165) is 64.2 Å². The topological polar surface area (TPSA) is 63.6 Å². The second-order valence-electron chi connectivity index (χ2n) is 12.8. The van der Waals surface area contributed by atoms with Gasteiger partial charge >= 0.3 is 11.9 Å². The Kier molecular flexibility index (Phi) is 33.6. The molecular formula is C39H72O4. The number of carbonyl (C=O) groups excluding carboxylic acids is 1. The van der Waals surface area contributed by atoms with E-state index < -0.39 is 5.97 Å². The maximum absolute atomic E-state index is 12.5. The van der Waals surface area contributed by atoms with Crippen molar-refractivity contribution in [1.82, 2.24) is 0 Å². The van der Waals surface area contributed by atoms with Crippen LogP contribution in [-0.2, 0) is 14.3 Å². The van der Waals surface area contributed by atoms with Gasteiger partial charge in [0.05, 0.1) is 0 Å².